The molecular formula is C36H58N5O4+. The van der Waals surface area contributed by atoms with E-state index in [1.807, 2.05) is 62.3 Å². The molecule has 1 aliphatic heterocycles. The first kappa shape index (κ1) is 36.3. The molecule has 250 valence electrons. The largest absolute Gasteiger partial charge is 0.484 e. The normalized spacial score (nSPS) is 16.0. The number of nitrogens with one attached hydrogen (secondary N) is 2. The third-order valence-corrected chi connectivity index (χ3v) is 8.52. The molecule has 9 heteroatoms. The Bertz CT molecular complexity index is 1090. The van der Waals surface area contributed by atoms with Crippen molar-refractivity contribution in [2.75, 3.05) is 93.8 Å². The van der Waals surface area contributed by atoms with Gasteiger partial charge < -0.3 is 34.4 Å². The van der Waals surface area contributed by atoms with Crippen molar-refractivity contribution in [3.05, 3.63) is 59.7 Å². The lowest BCUT2D eigenvalue weighted by Gasteiger charge is -2.44. The summed E-state index contributed by atoms with van der Waals surface area (Å²) in [5.41, 5.74) is 2.51. The summed E-state index contributed by atoms with van der Waals surface area (Å²) in [6.45, 7) is 10.2. The highest BCUT2D eigenvalue weighted by molar-refractivity contribution is 5.77. The molecule has 0 saturated carbocycles. The van der Waals surface area contributed by atoms with Crippen molar-refractivity contribution in [3.63, 3.8) is 0 Å². The minimum Gasteiger partial charge on any atom is -0.484 e. The van der Waals surface area contributed by atoms with Gasteiger partial charge in [-0.05, 0) is 89.3 Å². The maximum atomic E-state index is 12.1. The smallest absolute Gasteiger partial charge is 0.257 e. The summed E-state index contributed by atoms with van der Waals surface area (Å²) in [7, 11) is 7.95. The van der Waals surface area contributed by atoms with E-state index < -0.39 is 0 Å². The number of carbonyl (C=O) groups excluding carboxylic acids is 2. The maximum Gasteiger partial charge on any atom is 0.257 e. The van der Waals surface area contributed by atoms with Crippen molar-refractivity contribution in [1.29, 1.82) is 0 Å². The molecule has 1 aliphatic rings. The lowest BCUT2D eigenvalue weighted by Crippen LogP contribution is -2.55. The van der Waals surface area contributed by atoms with Crippen LogP contribution in [0.25, 0.3) is 0 Å². The molecule has 2 N–H and O–H groups in total. The van der Waals surface area contributed by atoms with E-state index in [1.54, 1.807) is 0 Å². The average Bonchev–Trinajstić information content (AvgIpc) is 2.99. The van der Waals surface area contributed by atoms with Gasteiger partial charge in [0.1, 0.15) is 11.5 Å². The lowest BCUT2D eigenvalue weighted by molar-refractivity contribution is -0.936. The number of hydrogen-bond acceptors (Lipinski definition) is 6. The molecule has 1 heterocycles. The number of ether oxygens (including phenoxy) is 2. The number of nitrogens with zero attached hydrogens (tertiary/aromatic N) is 3. The molecule has 0 radical (unpaired) electrons. The number of hydrogen-bond donors (Lipinski definition) is 2. The number of rotatable bonds is 20. The second kappa shape index (κ2) is 19.4. The highest BCUT2D eigenvalue weighted by Crippen LogP contribution is 2.26. The summed E-state index contributed by atoms with van der Waals surface area (Å²) in [6, 6.07) is 16.4. The highest BCUT2D eigenvalue weighted by atomic mass is 16.5. The van der Waals surface area contributed by atoms with Crippen LogP contribution in [0.1, 0.15) is 43.7 Å². The fourth-order valence-corrected chi connectivity index (χ4v) is 6.19. The quantitative estimate of drug-likeness (QED) is 0.219. The minimum atomic E-state index is -0.0919. The van der Waals surface area contributed by atoms with E-state index in [9.17, 15) is 9.59 Å². The van der Waals surface area contributed by atoms with Crippen LogP contribution in [0.2, 0.25) is 0 Å². The number of carbonyl (C=O) groups is 2. The Morgan fingerprint density at radius 3 is 1.73 bits per heavy atom. The molecule has 1 fully saturated rings. The number of aryl methyl sites for hydroxylation is 2. The van der Waals surface area contributed by atoms with Crippen LogP contribution in [0.5, 0.6) is 11.5 Å². The zero-order chi connectivity index (χ0) is 32.5. The van der Waals surface area contributed by atoms with Crippen molar-refractivity contribution in [1.82, 2.24) is 20.4 Å². The summed E-state index contributed by atoms with van der Waals surface area (Å²) in [5.74, 6) is 2.07. The van der Waals surface area contributed by atoms with E-state index in [0.717, 1.165) is 56.2 Å². The van der Waals surface area contributed by atoms with E-state index in [0.29, 0.717) is 13.1 Å². The fourth-order valence-electron chi connectivity index (χ4n) is 6.19. The second-order valence-electron chi connectivity index (χ2n) is 13.3. The third-order valence-electron chi connectivity index (χ3n) is 8.52. The van der Waals surface area contributed by atoms with Crippen LogP contribution in [0.15, 0.2) is 48.5 Å². The third kappa shape index (κ3) is 14.7. The van der Waals surface area contributed by atoms with Crippen LogP contribution in [-0.4, -0.2) is 120 Å². The Morgan fingerprint density at radius 2 is 1.29 bits per heavy atom. The van der Waals surface area contributed by atoms with Crippen molar-refractivity contribution in [2.45, 2.75) is 45.4 Å². The first-order valence-electron chi connectivity index (χ1n) is 16.7. The molecule has 2 amide bonds. The Labute approximate surface area is 271 Å². The summed E-state index contributed by atoms with van der Waals surface area (Å²) < 4.78 is 12.8. The number of benzene rings is 2. The molecule has 1 atom stereocenters. The number of amides is 2. The van der Waals surface area contributed by atoms with Crippen LogP contribution in [-0.2, 0) is 22.4 Å². The highest BCUT2D eigenvalue weighted by Gasteiger charge is 2.32. The Hall–Kier alpha value is -3.14. The molecule has 45 heavy (non-hydrogen) atoms. The first-order valence-corrected chi connectivity index (χ1v) is 16.7. The first-order chi connectivity index (χ1) is 21.6. The molecule has 2 aromatic rings. The summed E-state index contributed by atoms with van der Waals surface area (Å²) in [5, 5.41) is 5.79. The molecule has 2 aromatic carbocycles. The van der Waals surface area contributed by atoms with Gasteiger partial charge in [-0.1, -0.05) is 31.2 Å². The predicted molar refractivity (Wildman–Crippen MR) is 182 cm³/mol. The van der Waals surface area contributed by atoms with E-state index in [2.05, 4.69) is 41.8 Å². The SMILES string of the molecule is CC1CCC[N+](CCCc2cccc(OCC(=O)NCCN(C)C)c2)(CCCc2cccc(OCC(=O)NCCN(C)C)c2)C1. The molecule has 3 rings (SSSR count). The second-order valence-corrected chi connectivity index (χ2v) is 13.3. The maximum absolute atomic E-state index is 12.1. The number of likely N-dealkylation sites (N-methyl/N-ethyl adjacent to an activating group) is 2. The Kier molecular flexibility index (Phi) is 15.7. The van der Waals surface area contributed by atoms with Crippen molar-refractivity contribution in [3.8, 4) is 11.5 Å². The Morgan fingerprint density at radius 1 is 0.800 bits per heavy atom. The van der Waals surface area contributed by atoms with Gasteiger partial charge in [0.25, 0.3) is 11.8 Å². The topological polar surface area (TPSA) is 83.1 Å². The van der Waals surface area contributed by atoms with E-state index >= 15 is 0 Å². The van der Waals surface area contributed by atoms with E-state index in [4.69, 9.17) is 9.47 Å². The molecule has 1 unspecified atom stereocenters. The fraction of sp³-hybridized carbons (Fsp3) is 0.611. The van der Waals surface area contributed by atoms with Gasteiger partial charge in [-0.2, -0.15) is 0 Å². The van der Waals surface area contributed by atoms with Gasteiger partial charge in [0.15, 0.2) is 13.2 Å². The minimum absolute atomic E-state index is 0.0379. The van der Waals surface area contributed by atoms with Crippen molar-refractivity contribution >= 4 is 11.8 Å². The van der Waals surface area contributed by atoms with Gasteiger partial charge in [0.05, 0.1) is 26.2 Å². The molecule has 0 bridgehead atoms. The van der Waals surface area contributed by atoms with Gasteiger partial charge in [-0.15, -0.1) is 0 Å². The zero-order valence-electron chi connectivity index (χ0n) is 28.5. The molecule has 0 aromatic heterocycles. The van der Waals surface area contributed by atoms with Crippen LogP contribution in [0.4, 0.5) is 0 Å². The molecule has 0 aliphatic carbocycles. The predicted octanol–water partition coefficient (Wildman–Crippen LogP) is 3.61. The van der Waals surface area contributed by atoms with E-state index in [-0.39, 0.29) is 25.0 Å². The van der Waals surface area contributed by atoms with Crippen molar-refractivity contribution in [2.24, 2.45) is 5.92 Å². The molecule has 9 nitrogen and oxygen atoms in total. The molecular weight excluding hydrogens is 566 g/mol. The number of quaternary nitrogens is 1. The lowest BCUT2D eigenvalue weighted by atomic mass is 9.95. The van der Waals surface area contributed by atoms with Crippen LogP contribution in [0, 0.1) is 5.92 Å². The summed E-state index contributed by atoms with van der Waals surface area (Å²) >= 11 is 0. The van der Waals surface area contributed by atoms with Gasteiger partial charge in [-0.25, -0.2) is 0 Å². The summed E-state index contributed by atoms with van der Waals surface area (Å²) in [4.78, 5) is 28.3. The van der Waals surface area contributed by atoms with Crippen molar-refractivity contribution < 1.29 is 23.5 Å². The van der Waals surface area contributed by atoms with Gasteiger partial charge in [0, 0.05) is 44.9 Å². The Balaban J connectivity index is 1.45. The van der Waals surface area contributed by atoms with Crippen LogP contribution < -0.4 is 20.1 Å². The van der Waals surface area contributed by atoms with Gasteiger partial charge in [0.2, 0.25) is 0 Å². The van der Waals surface area contributed by atoms with Gasteiger partial charge in [-0.3, -0.25) is 9.59 Å². The summed E-state index contributed by atoms with van der Waals surface area (Å²) in [6.07, 6.45) is 6.87. The van der Waals surface area contributed by atoms with Gasteiger partial charge >= 0.3 is 0 Å². The number of piperidine rings is 1. The standard InChI is InChI=1S/C36H57N5O4/c1-30-11-8-22-41(27-30,23-9-14-31-12-6-16-33(25-31)44-28-35(42)37-18-20-39(2)3)24-10-15-32-13-7-17-34(26-32)45-29-36(43)38-19-21-40(4)5/h6-7,12-13,16-17,25-26,30H,8-11,14-15,18-24,27-29H2,1-5H3,(H-,37,38,42,43)/p+1. The van der Waals surface area contributed by atoms with Crippen LogP contribution in [0.3, 0.4) is 0 Å². The average molecular weight is 625 g/mol. The zero-order valence-corrected chi connectivity index (χ0v) is 28.5. The monoisotopic (exact) mass is 624 g/mol. The molecule has 1 saturated heterocycles. The molecule has 0 spiro atoms. The number of likely N-dealkylation sites (tertiary alicyclic amines) is 1. The van der Waals surface area contributed by atoms with E-state index in [1.165, 1.54) is 54.6 Å². The van der Waals surface area contributed by atoms with Crippen LogP contribution >= 0.6 is 0 Å².